The summed E-state index contributed by atoms with van der Waals surface area (Å²) in [6.45, 7) is 8.93. The van der Waals surface area contributed by atoms with Crippen LogP contribution in [0.25, 0.3) is 0 Å². The molecular weight excluding hydrogens is 286 g/mol. The number of piperazine rings is 1. The van der Waals surface area contributed by atoms with Gasteiger partial charge in [-0.15, -0.1) is 0 Å². The number of hydrogen-bond acceptors (Lipinski definition) is 4. The van der Waals surface area contributed by atoms with E-state index in [-0.39, 0.29) is 5.54 Å². The van der Waals surface area contributed by atoms with Crippen molar-refractivity contribution in [3.8, 4) is 0 Å². The molecule has 1 aliphatic heterocycles. The molecule has 4 heteroatoms. The van der Waals surface area contributed by atoms with Crippen LogP contribution in [0.15, 0.2) is 29.3 Å². The van der Waals surface area contributed by atoms with Crippen LogP contribution < -0.4 is 4.90 Å². The highest BCUT2D eigenvalue weighted by atomic mass is 16.1. The van der Waals surface area contributed by atoms with Gasteiger partial charge < -0.3 is 4.90 Å². The maximum atomic E-state index is 10.8. The summed E-state index contributed by atoms with van der Waals surface area (Å²) in [5.41, 5.74) is 2.14. The molecule has 0 atom stereocenters. The van der Waals surface area contributed by atoms with Gasteiger partial charge >= 0.3 is 0 Å². The van der Waals surface area contributed by atoms with Gasteiger partial charge in [-0.05, 0) is 44.4 Å². The summed E-state index contributed by atoms with van der Waals surface area (Å²) in [5.74, 6) is 0. The van der Waals surface area contributed by atoms with Gasteiger partial charge in [-0.3, -0.25) is 4.90 Å². The molecule has 2 aliphatic rings. The molecule has 0 aromatic heterocycles. The quantitative estimate of drug-likeness (QED) is 0.632. The molecule has 0 amide bonds. The summed E-state index contributed by atoms with van der Waals surface area (Å²) in [5, 5.41) is 0. The molecule has 1 heterocycles. The third-order valence-electron chi connectivity index (χ3n) is 5.50. The minimum Gasteiger partial charge on any atom is -0.369 e. The van der Waals surface area contributed by atoms with E-state index in [4.69, 9.17) is 0 Å². The van der Waals surface area contributed by atoms with Gasteiger partial charge in [0.25, 0.3) is 0 Å². The molecule has 1 saturated carbocycles. The predicted molar refractivity (Wildman–Crippen MR) is 93.6 cm³/mol. The number of anilines is 1. The van der Waals surface area contributed by atoms with Gasteiger partial charge in [0.05, 0.1) is 5.54 Å². The molecule has 1 aromatic carbocycles. The van der Waals surface area contributed by atoms with Gasteiger partial charge in [-0.2, -0.15) is 4.99 Å². The van der Waals surface area contributed by atoms with E-state index in [9.17, 15) is 4.79 Å². The van der Waals surface area contributed by atoms with Crippen LogP contribution in [0.5, 0.6) is 0 Å². The Morgan fingerprint density at radius 1 is 1.04 bits per heavy atom. The SMILES string of the molecule is CC(C)N1CCN(c2ccc(C3(N=C=O)CCCC3)cc2)CC1. The zero-order chi connectivity index (χ0) is 16.3. The second-order valence-corrected chi connectivity index (χ2v) is 7.11. The molecule has 1 aliphatic carbocycles. The van der Waals surface area contributed by atoms with Crippen LogP contribution in [0.1, 0.15) is 45.1 Å². The van der Waals surface area contributed by atoms with E-state index in [0.717, 1.165) is 51.9 Å². The lowest BCUT2D eigenvalue weighted by atomic mass is 9.89. The molecule has 23 heavy (non-hydrogen) atoms. The molecule has 0 bridgehead atoms. The first-order valence-corrected chi connectivity index (χ1v) is 8.83. The third-order valence-corrected chi connectivity index (χ3v) is 5.50. The lowest BCUT2D eigenvalue weighted by Crippen LogP contribution is -2.48. The van der Waals surface area contributed by atoms with E-state index >= 15 is 0 Å². The van der Waals surface area contributed by atoms with Crippen molar-refractivity contribution >= 4 is 11.8 Å². The summed E-state index contributed by atoms with van der Waals surface area (Å²) in [7, 11) is 0. The maximum absolute atomic E-state index is 10.8. The monoisotopic (exact) mass is 313 g/mol. The van der Waals surface area contributed by atoms with Crippen molar-refractivity contribution in [1.29, 1.82) is 0 Å². The zero-order valence-electron chi connectivity index (χ0n) is 14.3. The van der Waals surface area contributed by atoms with Crippen LogP contribution in [0, 0.1) is 0 Å². The van der Waals surface area contributed by atoms with Gasteiger partial charge in [0.15, 0.2) is 0 Å². The van der Waals surface area contributed by atoms with E-state index < -0.39 is 0 Å². The summed E-state index contributed by atoms with van der Waals surface area (Å²) in [6, 6.07) is 9.34. The largest absolute Gasteiger partial charge is 0.369 e. The van der Waals surface area contributed by atoms with Crippen molar-refractivity contribution in [1.82, 2.24) is 4.90 Å². The number of isocyanates is 1. The minimum absolute atomic E-state index is 0.309. The normalized spacial score (nSPS) is 21.4. The van der Waals surface area contributed by atoms with E-state index in [1.807, 2.05) is 0 Å². The molecule has 1 aromatic rings. The number of hydrogen-bond donors (Lipinski definition) is 0. The topological polar surface area (TPSA) is 35.9 Å². The summed E-state index contributed by atoms with van der Waals surface area (Å²) in [6.07, 6.45) is 6.02. The van der Waals surface area contributed by atoms with Crippen LogP contribution in [-0.4, -0.2) is 43.2 Å². The van der Waals surface area contributed by atoms with Gasteiger partial charge in [0.1, 0.15) is 0 Å². The number of nitrogens with zero attached hydrogens (tertiary/aromatic N) is 3. The Hall–Kier alpha value is -1.64. The van der Waals surface area contributed by atoms with E-state index in [0.29, 0.717) is 6.04 Å². The first kappa shape index (κ1) is 16.2. The van der Waals surface area contributed by atoms with E-state index in [1.165, 1.54) is 11.3 Å². The predicted octanol–water partition coefficient (Wildman–Crippen LogP) is 3.32. The van der Waals surface area contributed by atoms with Crippen molar-refractivity contribution in [3.05, 3.63) is 29.8 Å². The van der Waals surface area contributed by atoms with Crippen molar-refractivity contribution in [2.24, 2.45) is 4.99 Å². The Morgan fingerprint density at radius 3 is 2.17 bits per heavy atom. The van der Waals surface area contributed by atoms with Gasteiger partial charge in [0, 0.05) is 37.9 Å². The molecule has 124 valence electrons. The Balaban J connectivity index is 1.71. The number of aliphatic imine (C=N–C) groups is 1. The maximum Gasteiger partial charge on any atom is 0.235 e. The molecule has 0 spiro atoms. The van der Waals surface area contributed by atoms with Crippen LogP contribution >= 0.6 is 0 Å². The van der Waals surface area contributed by atoms with Crippen LogP contribution in [0.4, 0.5) is 5.69 Å². The number of benzene rings is 1. The Morgan fingerprint density at radius 2 is 1.65 bits per heavy atom. The van der Waals surface area contributed by atoms with Crippen molar-refractivity contribution in [2.75, 3.05) is 31.1 Å². The van der Waals surface area contributed by atoms with Crippen LogP contribution in [0.3, 0.4) is 0 Å². The molecule has 0 radical (unpaired) electrons. The Labute approximate surface area is 139 Å². The minimum atomic E-state index is -0.309. The highest BCUT2D eigenvalue weighted by Gasteiger charge is 2.35. The molecule has 0 unspecified atom stereocenters. The molecule has 0 N–H and O–H groups in total. The first-order chi connectivity index (χ1) is 11.1. The van der Waals surface area contributed by atoms with Crippen molar-refractivity contribution < 1.29 is 4.79 Å². The standard InChI is InChI=1S/C19H27N3O/c1-16(2)21-11-13-22(14-12-21)18-7-5-17(6-8-18)19(20-15-23)9-3-4-10-19/h5-8,16H,3-4,9-14H2,1-2H3. The first-order valence-electron chi connectivity index (χ1n) is 8.83. The molecule has 3 rings (SSSR count). The molecule has 4 nitrogen and oxygen atoms in total. The molecule has 1 saturated heterocycles. The zero-order valence-corrected chi connectivity index (χ0v) is 14.3. The summed E-state index contributed by atoms with van der Waals surface area (Å²) < 4.78 is 0. The smallest absolute Gasteiger partial charge is 0.235 e. The lowest BCUT2D eigenvalue weighted by Gasteiger charge is -2.38. The fraction of sp³-hybridized carbons (Fsp3) is 0.632. The highest BCUT2D eigenvalue weighted by Crippen LogP contribution is 2.42. The van der Waals surface area contributed by atoms with Gasteiger partial charge in [-0.1, -0.05) is 25.0 Å². The third kappa shape index (κ3) is 3.34. The van der Waals surface area contributed by atoms with Crippen molar-refractivity contribution in [3.63, 3.8) is 0 Å². The van der Waals surface area contributed by atoms with Crippen LogP contribution in [-0.2, 0) is 10.3 Å². The fourth-order valence-corrected chi connectivity index (χ4v) is 3.99. The summed E-state index contributed by atoms with van der Waals surface area (Å²) in [4.78, 5) is 20.0. The molecule has 2 fully saturated rings. The summed E-state index contributed by atoms with van der Waals surface area (Å²) >= 11 is 0. The van der Waals surface area contributed by atoms with Gasteiger partial charge in [-0.25, -0.2) is 4.79 Å². The number of rotatable bonds is 4. The Kier molecular flexibility index (Phi) is 4.84. The fourth-order valence-electron chi connectivity index (χ4n) is 3.99. The second kappa shape index (κ2) is 6.86. The Bertz CT molecular complexity index is 561. The second-order valence-electron chi connectivity index (χ2n) is 7.11. The lowest BCUT2D eigenvalue weighted by molar-refractivity contribution is 0.209. The average molecular weight is 313 g/mol. The van der Waals surface area contributed by atoms with Crippen LogP contribution in [0.2, 0.25) is 0 Å². The van der Waals surface area contributed by atoms with Gasteiger partial charge in [0.2, 0.25) is 6.08 Å². The highest BCUT2D eigenvalue weighted by molar-refractivity contribution is 5.50. The van der Waals surface area contributed by atoms with Crippen molar-refractivity contribution in [2.45, 2.75) is 51.1 Å². The van der Waals surface area contributed by atoms with E-state index in [2.05, 4.69) is 52.9 Å². The average Bonchev–Trinajstić information content (AvgIpc) is 3.05. The van der Waals surface area contributed by atoms with E-state index in [1.54, 1.807) is 6.08 Å². The number of carbonyl (C=O) groups excluding carboxylic acids is 1. The molecular formula is C19H27N3O.